The molecule has 0 aliphatic rings. The Morgan fingerprint density at radius 3 is 2.52 bits per heavy atom. The minimum Gasteiger partial charge on any atom is -0.497 e. The van der Waals surface area contributed by atoms with Crippen LogP contribution in [0.4, 0.5) is 0 Å². The van der Waals surface area contributed by atoms with Gasteiger partial charge in [0.25, 0.3) is 0 Å². The van der Waals surface area contributed by atoms with E-state index in [2.05, 4.69) is 4.72 Å². The molecule has 21 heavy (non-hydrogen) atoms. The van der Waals surface area contributed by atoms with Crippen molar-refractivity contribution in [2.45, 2.75) is 18.2 Å². The second-order valence-corrected chi connectivity index (χ2v) is 5.70. The van der Waals surface area contributed by atoms with E-state index in [4.69, 9.17) is 14.2 Å². The Bertz CT molecular complexity index is 584. The zero-order valence-electron chi connectivity index (χ0n) is 12.2. The average Bonchev–Trinajstić information content (AvgIpc) is 2.46. The number of carbonyl (C=O) groups excluding carboxylic acids is 1. The van der Waals surface area contributed by atoms with Gasteiger partial charge in [0.05, 0.1) is 27.2 Å². The third-order valence-corrected chi connectivity index (χ3v) is 4.09. The Morgan fingerprint density at radius 2 is 1.95 bits per heavy atom. The first-order valence-electron chi connectivity index (χ1n) is 6.32. The molecule has 1 aromatic carbocycles. The highest BCUT2D eigenvalue weighted by atomic mass is 32.2. The molecule has 0 aromatic heterocycles. The maximum Gasteiger partial charge on any atom is 0.307 e. The molecule has 1 aromatic rings. The van der Waals surface area contributed by atoms with E-state index in [1.807, 2.05) is 0 Å². The molecule has 0 saturated carbocycles. The van der Waals surface area contributed by atoms with Crippen molar-refractivity contribution in [2.24, 2.45) is 0 Å². The summed E-state index contributed by atoms with van der Waals surface area (Å²) in [5, 5.41) is 0. The van der Waals surface area contributed by atoms with Gasteiger partial charge in [-0.15, -0.1) is 0 Å². The van der Waals surface area contributed by atoms with Gasteiger partial charge in [-0.3, -0.25) is 4.79 Å². The molecule has 0 atom stereocenters. The Morgan fingerprint density at radius 1 is 1.24 bits per heavy atom. The highest BCUT2D eigenvalue weighted by molar-refractivity contribution is 7.89. The molecule has 0 amide bonds. The fourth-order valence-electron chi connectivity index (χ4n) is 1.60. The Kier molecular flexibility index (Phi) is 6.44. The van der Waals surface area contributed by atoms with Gasteiger partial charge in [-0.25, -0.2) is 13.1 Å². The van der Waals surface area contributed by atoms with Crippen molar-refractivity contribution in [1.82, 2.24) is 4.72 Å². The minimum absolute atomic E-state index is 0.0188. The lowest BCUT2D eigenvalue weighted by Gasteiger charge is -2.11. The fraction of sp³-hybridized carbons (Fsp3) is 0.462. The lowest BCUT2D eigenvalue weighted by Crippen LogP contribution is -2.27. The molecule has 8 heteroatoms. The van der Waals surface area contributed by atoms with Gasteiger partial charge >= 0.3 is 5.97 Å². The second-order valence-electron chi connectivity index (χ2n) is 3.97. The molecule has 0 bridgehead atoms. The van der Waals surface area contributed by atoms with Crippen LogP contribution in [0.15, 0.2) is 23.1 Å². The summed E-state index contributed by atoms with van der Waals surface area (Å²) in [6, 6.07) is 4.37. The molecule has 0 aliphatic heterocycles. The van der Waals surface area contributed by atoms with E-state index in [-0.39, 0.29) is 30.2 Å². The summed E-state index contributed by atoms with van der Waals surface area (Å²) in [7, 11) is -0.937. The number of methoxy groups -OCH3 is 2. The normalized spacial score (nSPS) is 11.0. The molecular formula is C13H19NO6S. The van der Waals surface area contributed by atoms with Gasteiger partial charge in [0.1, 0.15) is 16.4 Å². The molecule has 7 nitrogen and oxygen atoms in total. The monoisotopic (exact) mass is 317 g/mol. The van der Waals surface area contributed by atoms with E-state index in [1.165, 1.54) is 32.4 Å². The highest BCUT2D eigenvalue weighted by Gasteiger charge is 2.20. The van der Waals surface area contributed by atoms with Crippen molar-refractivity contribution >= 4 is 16.0 Å². The number of hydrogen-bond donors (Lipinski definition) is 1. The molecule has 0 saturated heterocycles. The maximum atomic E-state index is 12.2. The van der Waals surface area contributed by atoms with Gasteiger partial charge in [-0.1, -0.05) is 0 Å². The molecule has 118 valence electrons. The molecule has 0 spiro atoms. The number of sulfonamides is 1. The third-order valence-electron chi connectivity index (χ3n) is 2.59. The van der Waals surface area contributed by atoms with Crippen molar-refractivity contribution in [3.63, 3.8) is 0 Å². The van der Waals surface area contributed by atoms with E-state index in [9.17, 15) is 13.2 Å². The lowest BCUT2D eigenvalue weighted by molar-refractivity contribution is -0.142. The van der Waals surface area contributed by atoms with Crippen molar-refractivity contribution in [2.75, 3.05) is 27.4 Å². The third kappa shape index (κ3) is 4.91. The largest absolute Gasteiger partial charge is 0.497 e. The van der Waals surface area contributed by atoms with Crippen LogP contribution in [0, 0.1) is 0 Å². The van der Waals surface area contributed by atoms with Crippen LogP contribution >= 0.6 is 0 Å². The Hall–Kier alpha value is -1.80. The SMILES string of the molecule is CCOC(=O)CCNS(=O)(=O)c1ccc(OC)cc1OC. The van der Waals surface area contributed by atoms with Crippen molar-refractivity contribution in [3.8, 4) is 11.5 Å². The van der Waals surface area contributed by atoms with E-state index in [0.717, 1.165) is 0 Å². The van der Waals surface area contributed by atoms with Crippen LogP contribution in [0.1, 0.15) is 13.3 Å². The van der Waals surface area contributed by atoms with Gasteiger partial charge in [0, 0.05) is 12.6 Å². The molecule has 0 unspecified atom stereocenters. The fourth-order valence-corrected chi connectivity index (χ4v) is 2.78. The molecule has 0 fully saturated rings. The van der Waals surface area contributed by atoms with Crippen LogP contribution < -0.4 is 14.2 Å². The molecule has 1 rings (SSSR count). The predicted molar refractivity (Wildman–Crippen MR) is 76.0 cm³/mol. The molecule has 0 radical (unpaired) electrons. The van der Waals surface area contributed by atoms with Crippen LogP contribution in [0.25, 0.3) is 0 Å². The number of rotatable bonds is 8. The summed E-state index contributed by atoms with van der Waals surface area (Å²) in [5.74, 6) is 0.192. The summed E-state index contributed by atoms with van der Waals surface area (Å²) < 4.78 is 41.4. The van der Waals surface area contributed by atoms with Crippen LogP contribution in [-0.4, -0.2) is 41.8 Å². The van der Waals surface area contributed by atoms with Gasteiger partial charge in [-0.2, -0.15) is 0 Å². The van der Waals surface area contributed by atoms with E-state index < -0.39 is 16.0 Å². The van der Waals surface area contributed by atoms with E-state index >= 15 is 0 Å². The van der Waals surface area contributed by atoms with Crippen LogP contribution in [0.2, 0.25) is 0 Å². The zero-order valence-corrected chi connectivity index (χ0v) is 13.0. The Labute approximate surface area is 124 Å². The summed E-state index contributed by atoms with van der Waals surface area (Å²) in [6.07, 6.45) is -0.0362. The second kappa shape index (κ2) is 7.84. The highest BCUT2D eigenvalue weighted by Crippen LogP contribution is 2.28. The number of carbonyl (C=O) groups is 1. The van der Waals surface area contributed by atoms with Crippen LogP contribution in [-0.2, 0) is 19.6 Å². The minimum atomic E-state index is -3.78. The molecule has 0 heterocycles. The number of esters is 1. The van der Waals surface area contributed by atoms with Crippen molar-refractivity contribution < 1.29 is 27.4 Å². The number of benzene rings is 1. The summed E-state index contributed by atoms with van der Waals surface area (Å²) in [4.78, 5) is 11.2. The zero-order chi connectivity index (χ0) is 15.9. The van der Waals surface area contributed by atoms with Gasteiger partial charge in [0.2, 0.25) is 10.0 Å². The summed E-state index contributed by atoms with van der Waals surface area (Å²) in [6.45, 7) is 1.90. The maximum absolute atomic E-state index is 12.2. The van der Waals surface area contributed by atoms with Gasteiger partial charge in [-0.05, 0) is 19.1 Å². The topological polar surface area (TPSA) is 90.9 Å². The summed E-state index contributed by atoms with van der Waals surface area (Å²) >= 11 is 0. The number of ether oxygens (including phenoxy) is 3. The number of nitrogens with one attached hydrogen (secondary N) is 1. The van der Waals surface area contributed by atoms with Crippen LogP contribution in [0.3, 0.4) is 0 Å². The molecule has 1 N–H and O–H groups in total. The first-order chi connectivity index (χ1) is 9.94. The van der Waals surface area contributed by atoms with E-state index in [0.29, 0.717) is 5.75 Å². The lowest BCUT2D eigenvalue weighted by atomic mass is 10.3. The standard InChI is InChI=1S/C13H19NO6S/c1-4-20-13(15)7-8-14-21(16,17)12-6-5-10(18-2)9-11(12)19-3/h5-6,9,14H,4,7-8H2,1-3H3. The van der Waals surface area contributed by atoms with Crippen LogP contribution in [0.5, 0.6) is 11.5 Å². The van der Waals surface area contributed by atoms with E-state index in [1.54, 1.807) is 6.92 Å². The first-order valence-corrected chi connectivity index (χ1v) is 7.80. The molecule has 0 aliphatic carbocycles. The molecular weight excluding hydrogens is 298 g/mol. The average molecular weight is 317 g/mol. The smallest absolute Gasteiger partial charge is 0.307 e. The van der Waals surface area contributed by atoms with Crippen molar-refractivity contribution in [1.29, 1.82) is 0 Å². The van der Waals surface area contributed by atoms with Gasteiger partial charge in [0.15, 0.2) is 0 Å². The first kappa shape index (κ1) is 17.3. The Balaban J connectivity index is 2.81. The van der Waals surface area contributed by atoms with Crippen molar-refractivity contribution in [3.05, 3.63) is 18.2 Å². The predicted octanol–water partition coefficient (Wildman–Crippen LogP) is 0.935. The quantitative estimate of drug-likeness (QED) is 0.717. The van der Waals surface area contributed by atoms with Gasteiger partial charge < -0.3 is 14.2 Å². The number of hydrogen-bond acceptors (Lipinski definition) is 6. The summed E-state index contributed by atoms with van der Waals surface area (Å²) in [5.41, 5.74) is 0.